The van der Waals surface area contributed by atoms with Gasteiger partial charge in [0.25, 0.3) is 0 Å². The molecule has 142 valence electrons. The fraction of sp³-hybridized carbons (Fsp3) is 0.278. The molecule has 1 aromatic heterocycles. The van der Waals surface area contributed by atoms with Crippen LogP contribution in [0.3, 0.4) is 0 Å². The standard InChI is InChI=1S/C18H18FN3O4S/c19-14-3-1-13(2-4-14)12-27(24,25)22-9-7-21(8-10-22)15-5-6-16-17(11-15)26-18(23)20-16/h1-6,11H,7-10,12H2,(H,20,23). The summed E-state index contributed by atoms with van der Waals surface area (Å²) in [4.78, 5) is 15.9. The number of H-pyrrole nitrogens is 1. The topological polar surface area (TPSA) is 86.6 Å². The van der Waals surface area contributed by atoms with Crippen LogP contribution in [0.2, 0.25) is 0 Å². The number of rotatable bonds is 4. The zero-order valence-electron chi connectivity index (χ0n) is 14.4. The molecular weight excluding hydrogens is 373 g/mol. The average molecular weight is 391 g/mol. The van der Waals surface area contributed by atoms with E-state index in [2.05, 4.69) is 9.88 Å². The molecule has 1 N–H and O–H groups in total. The van der Waals surface area contributed by atoms with Gasteiger partial charge in [0.15, 0.2) is 5.58 Å². The highest BCUT2D eigenvalue weighted by molar-refractivity contribution is 7.88. The van der Waals surface area contributed by atoms with Crippen molar-refractivity contribution in [3.05, 3.63) is 64.4 Å². The number of sulfonamides is 1. The molecule has 4 rings (SSSR count). The highest BCUT2D eigenvalue weighted by Crippen LogP contribution is 2.23. The van der Waals surface area contributed by atoms with Crippen molar-refractivity contribution in [1.82, 2.24) is 9.29 Å². The number of nitrogens with zero attached hydrogens (tertiary/aromatic N) is 2. The first-order valence-corrected chi connectivity index (χ1v) is 10.1. The third-order valence-corrected chi connectivity index (χ3v) is 6.51. The summed E-state index contributed by atoms with van der Waals surface area (Å²) in [6.45, 7) is 1.78. The van der Waals surface area contributed by atoms with Crippen molar-refractivity contribution in [3.63, 3.8) is 0 Å². The number of hydrogen-bond acceptors (Lipinski definition) is 5. The maximum absolute atomic E-state index is 13.0. The van der Waals surface area contributed by atoms with E-state index in [0.29, 0.717) is 42.8 Å². The molecule has 0 atom stereocenters. The number of hydrogen-bond donors (Lipinski definition) is 1. The van der Waals surface area contributed by atoms with Crippen LogP contribution in [-0.2, 0) is 15.8 Å². The molecule has 3 aromatic rings. The Morgan fingerprint density at radius 1 is 1.04 bits per heavy atom. The van der Waals surface area contributed by atoms with Crippen molar-refractivity contribution in [3.8, 4) is 0 Å². The zero-order chi connectivity index (χ0) is 19.0. The first-order valence-electron chi connectivity index (χ1n) is 8.51. The van der Waals surface area contributed by atoms with Crippen LogP contribution >= 0.6 is 0 Å². The second-order valence-electron chi connectivity index (χ2n) is 6.46. The van der Waals surface area contributed by atoms with E-state index in [1.807, 2.05) is 6.07 Å². The van der Waals surface area contributed by atoms with E-state index in [1.54, 1.807) is 12.1 Å². The van der Waals surface area contributed by atoms with E-state index in [4.69, 9.17) is 4.42 Å². The van der Waals surface area contributed by atoms with Gasteiger partial charge < -0.3 is 9.32 Å². The maximum Gasteiger partial charge on any atom is 0.417 e. The zero-order valence-corrected chi connectivity index (χ0v) is 15.2. The minimum absolute atomic E-state index is 0.145. The van der Waals surface area contributed by atoms with E-state index >= 15 is 0 Å². The molecule has 0 amide bonds. The fourth-order valence-electron chi connectivity index (χ4n) is 3.24. The predicted molar refractivity (Wildman–Crippen MR) is 99.6 cm³/mol. The molecule has 1 saturated heterocycles. The molecule has 0 aliphatic carbocycles. The Morgan fingerprint density at radius 3 is 2.44 bits per heavy atom. The highest BCUT2D eigenvalue weighted by atomic mass is 32.2. The number of oxazole rings is 1. The van der Waals surface area contributed by atoms with Gasteiger partial charge in [-0.25, -0.2) is 17.6 Å². The molecular formula is C18H18FN3O4S. The molecule has 7 nitrogen and oxygen atoms in total. The Kier molecular flexibility index (Phi) is 4.48. The monoisotopic (exact) mass is 391 g/mol. The van der Waals surface area contributed by atoms with E-state index < -0.39 is 15.8 Å². The molecule has 0 saturated carbocycles. The Balaban J connectivity index is 1.44. The van der Waals surface area contributed by atoms with Crippen molar-refractivity contribution in [1.29, 1.82) is 0 Å². The van der Waals surface area contributed by atoms with Gasteiger partial charge in [-0.15, -0.1) is 0 Å². The molecule has 1 aliphatic heterocycles. The van der Waals surface area contributed by atoms with Gasteiger partial charge in [-0.2, -0.15) is 4.31 Å². The smallest absolute Gasteiger partial charge is 0.408 e. The lowest BCUT2D eigenvalue weighted by atomic mass is 10.2. The average Bonchev–Trinajstić information content (AvgIpc) is 3.03. The van der Waals surface area contributed by atoms with E-state index in [9.17, 15) is 17.6 Å². The van der Waals surface area contributed by atoms with Gasteiger partial charge in [-0.05, 0) is 29.8 Å². The first kappa shape index (κ1) is 17.7. The van der Waals surface area contributed by atoms with E-state index in [1.165, 1.54) is 28.6 Å². The number of nitrogens with one attached hydrogen (secondary N) is 1. The van der Waals surface area contributed by atoms with Crippen molar-refractivity contribution in [2.75, 3.05) is 31.1 Å². The SMILES string of the molecule is O=c1[nH]c2ccc(N3CCN(S(=O)(=O)Cc4ccc(F)cc4)CC3)cc2o1. The summed E-state index contributed by atoms with van der Waals surface area (Å²) >= 11 is 0. The summed E-state index contributed by atoms with van der Waals surface area (Å²) in [5.41, 5.74) is 2.54. The third-order valence-electron chi connectivity index (χ3n) is 4.66. The van der Waals surface area contributed by atoms with Gasteiger partial charge >= 0.3 is 5.76 Å². The van der Waals surface area contributed by atoms with Crippen molar-refractivity contribution < 1.29 is 17.2 Å². The molecule has 0 unspecified atom stereocenters. The summed E-state index contributed by atoms with van der Waals surface area (Å²) in [5, 5.41) is 0. The number of aromatic nitrogens is 1. The van der Waals surface area contributed by atoms with Crippen LogP contribution in [0.5, 0.6) is 0 Å². The van der Waals surface area contributed by atoms with Gasteiger partial charge in [-0.1, -0.05) is 12.1 Å². The largest absolute Gasteiger partial charge is 0.417 e. The normalized spacial score (nSPS) is 16.1. The number of halogens is 1. The van der Waals surface area contributed by atoms with Gasteiger partial charge in [0.1, 0.15) is 5.82 Å². The Bertz CT molecular complexity index is 1110. The maximum atomic E-state index is 13.0. The second-order valence-corrected chi connectivity index (χ2v) is 8.43. The number of anilines is 1. The predicted octanol–water partition coefficient (Wildman–Crippen LogP) is 1.91. The summed E-state index contributed by atoms with van der Waals surface area (Å²) < 4.78 is 44.8. The van der Waals surface area contributed by atoms with Crippen LogP contribution in [0.15, 0.2) is 51.7 Å². The first-order chi connectivity index (χ1) is 12.9. The molecule has 1 aliphatic rings. The molecule has 0 spiro atoms. The number of piperazine rings is 1. The van der Waals surface area contributed by atoms with Gasteiger partial charge in [-0.3, -0.25) is 4.98 Å². The third kappa shape index (κ3) is 3.74. The Hall–Kier alpha value is -2.65. The van der Waals surface area contributed by atoms with Crippen LogP contribution in [0.25, 0.3) is 11.1 Å². The summed E-state index contributed by atoms with van der Waals surface area (Å²) in [7, 11) is -3.47. The molecule has 1 fully saturated rings. The quantitative estimate of drug-likeness (QED) is 0.734. The second kappa shape index (κ2) is 6.82. The van der Waals surface area contributed by atoms with Crippen molar-refractivity contribution in [2.45, 2.75) is 5.75 Å². The fourth-order valence-corrected chi connectivity index (χ4v) is 4.75. The van der Waals surface area contributed by atoms with Gasteiger partial charge in [0.2, 0.25) is 10.0 Å². The van der Waals surface area contributed by atoms with E-state index in [0.717, 1.165) is 5.69 Å². The molecule has 2 heterocycles. The van der Waals surface area contributed by atoms with Crippen LogP contribution in [-0.4, -0.2) is 43.9 Å². The lowest BCUT2D eigenvalue weighted by Gasteiger charge is -2.35. The van der Waals surface area contributed by atoms with E-state index in [-0.39, 0.29) is 11.6 Å². The molecule has 9 heteroatoms. The Morgan fingerprint density at radius 2 is 1.74 bits per heavy atom. The number of benzene rings is 2. The summed E-state index contributed by atoms with van der Waals surface area (Å²) in [6.07, 6.45) is 0. The molecule has 2 aromatic carbocycles. The van der Waals surface area contributed by atoms with Crippen LogP contribution in [0.1, 0.15) is 5.56 Å². The summed E-state index contributed by atoms with van der Waals surface area (Å²) in [5.74, 6) is -1.04. The minimum Gasteiger partial charge on any atom is -0.408 e. The minimum atomic E-state index is -3.47. The van der Waals surface area contributed by atoms with Crippen LogP contribution in [0, 0.1) is 5.82 Å². The molecule has 27 heavy (non-hydrogen) atoms. The lowest BCUT2D eigenvalue weighted by Crippen LogP contribution is -2.49. The highest BCUT2D eigenvalue weighted by Gasteiger charge is 2.27. The van der Waals surface area contributed by atoms with Crippen molar-refractivity contribution >= 4 is 26.8 Å². The Labute approximate surface area is 155 Å². The van der Waals surface area contributed by atoms with Crippen molar-refractivity contribution in [2.24, 2.45) is 0 Å². The van der Waals surface area contributed by atoms with Gasteiger partial charge in [0.05, 0.1) is 11.3 Å². The molecule has 0 bridgehead atoms. The van der Waals surface area contributed by atoms with Crippen LogP contribution in [0.4, 0.5) is 10.1 Å². The lowest BCUT2D eigenvalue weighted by molar-refractivity contribution is 0.384. The van der Waals surface area contributed by atoms with Crippen LogP contribution < -0.4 is 10.7 Å². The number of aromatic amines is 1. The molecule has 0 radical (unpaired) electrons. The number of fused-ring (bicyclic) bond motifs is 1. The summed E-state index contributed by atoms with van der Waals surface area (Å²) in [6, 6.07) is 10.9. The van der Waals surface area contributed by atoms with Gasteiger partial charge in [0, 0.05) is 37.9 Å².